The molecule has 4 rings (SSSR count). The number of methoxy groups -OCH3 is 1. The molecule has 0 spiro atoms. The fraction of sp³-hybridized carbons (Fsp3) is 0.379. The number of likely N-dealkylation sites (tertiary alicyclic amines) is 1. The molecule has 0 unspecified atom stereocenters. The quantitative estimate of drug-likeness (QED) is 0.462. The average Bonchev–Trinajstić information content (AvgIpc) is 2.85. The first-order valence-corrected chi connectivity index (χ1v) is 12.2. The first-order valence-electron chi connectivity index (χ1n) is 12.2. The number of nitrogens with zero attached hydrogens (tertiary/aromatic N) is 2. The fourth-order valence-corrected chi connectivity index (χ4v) is 4.58. The van der Waals surface area contributed by atoms with Crippen LogP contribution in [0.2, 0.25) is 0 Å². The van der Waals surface area contributed by atoms with E-state index in [4.69, 9.17) is 9.72 Å². The lowest BCUT2D eigenvalue weighted by molar-refractivity contribution is 0.102. The number of anilines is 1. The van der Waals surface area contributed by atoms with Crippen LogP contribution in [-0.2, 0) is 6.54 Å². The lowest BCUT2D eigenvalue weighted by Crippen LogP contribution is -2.33. The van der Waals surface area contributed by atoms with E-state index in [0.29, 0.717) is 11.5 Å². The molecule has 1 fully saturated rings. The van der Waals surface area contributed by atoms with E-state index < -0.39 is 0 Å². The molecule has 1 N–H and O–H groups in total. The Kier molecular flexibility index (Phi) is 7.63. The summed E-state index contributed by atoms with van der Waals surface area (Å²) in [5.41, 5.74) is 6.03. The molecule has 178 valence electrons. The minimum Gasteiger partial charge on any atom is -0.497 e. The molecule has 34 heavy (non-hydrogen) atoms. The minimum atomic E-state index is -0.111. The summed E-state index contributed by atoms with van der Waals surface area (Å²) in [5.74, 6) is 1.50. The zero-order chi connectivity index (χ0) is 24.1. The molecule has 5 nitrogen and oxygen atoms in total. The van der Waals surface area contributed by atoms with Gasteiger partial charge in [0.15, 0.2) is 0 Å². The zero-order valence-corrected chi connectivity index (χ0v) is 20.7. The van der Waals surface area contributed by atoms with Crippen LogP contribution in [0.1, 0.15) is 71.4 Å². The van der Waals surface area contributed by atoms with Crippen LogP contribution < -0.4 is 10.1 Å². The van der Waals surface area contributed by atoms with E-state index in [9.17, 15) is 4.79 Å². The van der Waals surface area contributed by atoms with Gasteiger partial charge in [0.2, 0.25) is 0 Å². The summed E-state index contributed by atoms with van der Waals surface area (Å²) in [6.07, 6.45) is 2.01. The Morgan fingerprint density at radius 3 is 2.32 bits per heavy atom. The number of aryl methyl sites for hydroxylation is 1. The van der Waals surface area contributed by atoms with Crippen LogP contribution in [0.3, 0.4) is 0 Å². The molecule has 1 amide bonds. The van der Waals surface area contributed by atoms with Crippen molar-refractivity contribution in [3.63, 3.8) is 0 Å². The van der Waals surface area contributed by atoms with Gasteiger partial charge in [0.05, 0.1) is 18.4 Å². The van der Waals surface area contributed by atoms with Crippen molar-refractivity contribution in [2.45, 2.75) is 52.0 Å². The molecule has 3 aromatic rings. The monoisotopic (exact) mass is 457 g/mol. The van der Waals surface area contributed by atoms with E-state index in [1.165, 1.54) is 11.1 Å². The smallest absolute Gasteiger partial charge is 0.257 e. The highest BCUT2D eigenvalue weighted by atomic mass is 16.5. The van der Waals surface area contributed by atoms with E-state index in [-0.39, 0.29) is 11.8 Å². The summed E-state index contributed by atoms with van der Waals surface area (Å²) in [6.45, 7) is 9.43. The molecule has 2 aromatic carbocycles. The molecule has 2 heterocycles. The second kappa shape index (κ2) is 10.8. The highest BCUT2D eigenvalue weighted by molar-refractivity contribution is 6.05. The highest BCUT2D eigenvalue weighted by Gasteiger charge is 2.26. The Labute approximate surface area is 203 Å². The lowest BCUT2D eigenvalue weighted by atomic mass is 9.89. The van der Waals surface area contributed by atoms with Crippen LogP contribution in [0, 0.1) is 6.92 Å². The number of benzene rings is 2. The van der Waals surface area contributed by atoms with Crippen LogP contribution in [0.25, 0.3) is 0 Å². The molecule has 1 aromatic heterocycles. The Balaban J connectivity index is 1.41. The summed E-state index contributed by atoms with van der Waals surface area (Å²) in [6, 6.07) is 20.2. The lowest BCUT2D eigenvalue weighted by Gasteiger charge is -2.32. The van der Waals surface area contributed by atoms with E-state index in [1.54, 1.807) is 7.11 Å². The Morgan fingerprint density at radius 1 is 1.03 bits per heavy atom. The fourth-order valence-electron chi connectivity index (χ4n) is 4.58. The third-order valence-corrected chi connectivity index (χ3v) is 6.68. The Bertz CT molecular complexity index is 1100. The maximum Gasteiger partial charge on any atom is 0.257 e. The third-order valence-electron chi connectivity index (χ3n) is 6.68. The summed E-state index contributed by atoms with van der Waals surface area (Å²) in [7, 11) is 1.63. The van der Waals surface area contributed by atoms with Gasteiger partial charge in [-0.15, -0.1) is 0 Å². The summed E-state index contributed by atoms with van der Waals surface area (Å²) < 4.78 is 5.20. The number of hydrogen-bond acceptors (Lipinski definition) is 4. The molecule has 0 radical (unpaired) electrons. The van der Waals surface area contributed by atoms with Crippen molar-refractivity contribution in [3.8, 4) is 5.75 Å². The van der Waals surface area contributed by atoms with Gasteiger partial charge in [-0.2, -0.15) is 0 Å². The van der Waals surface area contributed by atoms with E-state index >= 15 is 0 Å². The number of hydrogen-bond donors (Lipinski definition) is 1. The number of pyridine rings is 1. The number of amides is 1. The van der Waals surface area contributed by atoms with Crippen molar-refractivity contribution >= 4 is 11.6 Å². The first-order chi connectivity index (χ1) is 16.4. The predicted octanol–water partition coefficient (Wildman–Crippen LogP) is 6.15. The van der Waals surface area contributed by atoms with Gasteiger partial charge in [-0.1, -0.05) is 38.1 Å². The van der Waals surface area contributed by atoms with Gasteiger partial charge in [0.1, 0.15) is 5.75 Å². The topological polar surface area (TPSA) is 54.5 Å². The van der Waals surface area contributed by atoms with Crippen LogP contribution in [0.4, 0.5) is 5.69 Å². The number of rotatable bonds is 7. The number of nitrogens with one attached hydrogen (secondary N) is 1. The third kappa shape index (κ3) is 5.84. The highest BCUT2D eigenvalue weighted by Crippen LogP contribution is 2.31. The van der Waals surface area contributed by atoms with Crippen molar-refractivity contribution in [1.29, 1.82) is 0 Å². The second-order valence-electron chi connectivity index (χ2n) is 9.51. The largest absolute Gasteiger partial charge is 0.497 e. The molecular weight excluding hydrogens is 422 g/mol. The second-order valence-corrected chi connectivity index (χ2v) is 9.51. The zero-order valence-electron chi connectivity index (χ0n) is 20.7. The molecule has 0 atom stereocenters. The molecule has 1 saturated heterocycles. The Morgan fingerprint density at radius 2 is 1.71 bits per heavy atom. The molecule has 5 heteroatoms. The summed E-state index contributed by atoms with van der Waals surface area (Å²) >= 11 is 0. The number of ether oxygens (including phenoxy) is 1. The SMILES string of the molecule is COc1ccc(NC(=O)c2ccc(C)nc2C2CCN(Cc3ccc(C(C)C)cc3)CC2)cc1. The van der Waals surface area contributed by atoms with E-state index in [1.807, 2.05) is 43.3 Å². The number of carbonyl (C=O) groups is 1. The van der Waals surface area contributed by atoms with Gasteiger partial charge < -0.3 is 10.1 Å². The van der Waals surface area contributed by atoms with Crippen molar-refractivity contribution < 1.29 is 9.53 Å². The minimum absolute atomic E-state index is 0.111. The normalized spacial score (nSPS) is 14.9. The standard InChI is InChI=1S/C29H35N3O2/c1-20(2)23-8-6-22(7-9-23)19-32-17-15-24(16-18-32)28-27(14-5-21(3)30-28)29(33)31-25-10-12-26(34-4)13-11-25/h5-14,20,24H,15-19H2,1-4H3,(H,31,33). The van der Waals surface area contributed by atoms with Crippen LogP contribution in [0.15, 0.2) is 60.7 Å². The van der Waals surface area contributed by atoms with Gasteiger partial charge in [-0.25, -0.2) is 0 Å². The molecule has 1 aliphatic rings. The number of carbonyl (C=O) groups excluding carboxylic acids is 1. The molecule has 0 aliphatic carbocycles. The van der Waals surface area contributed by atoms with E-state index in [2.05, 4.69) is 48.3 Å². The molecular formula is C29H35N3O2. The maximum absolute atomic E-state index is 13.1. The van der Waals surface area contributed by atoms with E-state index in [0.717, 1.165) is 55.3 Å². The molecule has 0 saturated carbocycles. The van der Waals surface area contributed by atoms with Crippen molar-refractivity contribution in [2.24, 2.45) is 0 Å². The predicted molar refractivity (Wildman–Crippen MR) is 138 cm³/mol. The van der Waals surface area contributed by atoms with Gasteiger partial charge in [-0.3, -0.25) is 14.7 Å². The van der Waals surface area contributed by atoms with Gasteiger partial charge in [0.25, 0.3) is 5.91 Å². The van der Waals surface area contributed by atoms with Crippen molar-refractivity contribution in [3.05, 3.63) is 88.7 Å². The van der Waals surface area contributed by atoms with Crippen LogP contribution in [-0.4, -0.2) is 36.0 Å². The maximum atomic E-state index is 13.1. The van der Waals surface area contributed by atoms with Gasteiger partial charge in [0, 0.05) is 23.8 Å². The average molecular weight is 458 g/mol. The van der Waals surface area contributed by atoms with Crippen molar-refractivity contribution in [2.75, 3.05) is 25.5 Å². The van der Waals surface area contributed by atoms with Crippen molar-refractivity contribution in [1.82, 2.24) is 9.88 Å². The Hall–Kier alpha value is -3.18. The van der Waals surface area contributed by atoms with Gasteiger partial charge in [-0.05, 0) is 86.3 Å². The summed E-state index contributed by atoms with van der Waals surface area (Å²) in [4.78, 5) is 20.5. The number of piperidine rings is 1. The molecule has 0 bridgehead atoms. The van der Waals surface area contributed by atoms with Crippen LogP contribution in [0.5, 0.6) is 5.75 Å². The molecule has 1 aliphatic heterocycles. The summed E-state index contributed by atoms with van der Waals surface area (Å²) in [5, 5.41) is 3.02. The van der Waals surface area contributed by atoms with Gasteiger partial charge >= 0.3 is 0 Å². The van der Waals surface area contributed by atoms with Crippen LogP contribution >= 0.6 is 0 Å². The first kappa shape index (κ1) is 24.0. The number of aromatic nitrogens is 1.